The molecule has 0 N–H and O–H groups in total. The summed E-state index contributed by atoms with van der Waals surface area (Å²) in [7, 11) is 0. The molecule has 0 aliphatic carbocycles. The number of nitro groups is 1. The molecule has 2 aromatic carbocycles. The zero-order valence-electron chi connectivity index (χ0n) is 20.3. The Labute approximate surface area is 217 Å². The number of nitro benzene ring substituents is 1. The highest BCUT2D eigenvalue weighted by molar-refractivity contribution is 8.18. The lowest BCUT2D eigenvalue weighted by Crippen LogP contribution is -2.44. The van der Waals surface area contributed by atoms with E-state index in [1.807, 2.05) is 42.7 Å². The normalized spacial score (nSPS) is 16.4. The summed E-state index contributed by atoms with van der Waals surface area (Å²) in [4.78, 5) is 52.2. The van der Waals surface area contributed by atoms with Gasteiger partial charge in [0.1, 0.15) is 6.54 Å². The predicted octanol–water partition coefficient (Wildman–Crippen LogP) is 4.62. The number of rotatable bonds is 5. The van der Waals surface area contributed by atoms with Crippen molar-refractivity contribution in [2.75, 3.05) is 13.1 Å². The molecule has 1 aromatic heterocycles. The molecule has 2 aliphatic rings. The summed E-state index contributed by atoms with van der Waals surface area (Å²) in [5.74, 6) is -0.740. The Hall–Kier alpha value is -4.18. The lowest BCUT2D eigenvalue weighted by molar-refractivity contribution is -0.384. The van der Waals surface area contributed by atoms with Gasteiger partial charge in [-0.25, -0.2) is 0 Å². The molecule has 0 saturated carbocycles. The van der Waals surface area contributed by atoms with E-state index in [0.29, 0.717) is 13.1 Å². The number of hydrogen-bond acceptors (Lipinski definition) is 6. The molecular formula is C27H24N4O5S. The first-order valence-corrected chi connectivity index (χ1v) is 12.6. The minimum absolute atomic E-state index is 0.00317. The summed E-state index contributed by atoms with van der Waals surface area (Å²) in [5, 5.41) is 10.5. The highest BCUT2D eigenvalue weighted by Crippen LogP contribution is 2.34. The van der Waals surface area contributed by atoms with Crippen molar-refractivity contribution in [3.8, 4) is 5.69 Å². The van der Waals surface area contributed by atoms with Crippen LogP contribution in [0.25, 0.3) is 11.8 Å². The van der Waals surface area contributed by atoms with Crippen molar-refractivity contribution in [2.24, 2.45) is 0 Å². The summed E-state index contributed by atoms with van der Waals surface area (Å²) < 4.78 is 1.93. The topological polar surface area (TPSA) is 106 Å². The van der Waals surface area contributed by atoms with Gasteiger partial charge >= 0.3 is 0 Å². The summed E-state index contributed by atoms with van der Waals surface area (Å²) in [6.45, 7) is 4.51. The number of fused-ring (bicyclic) bond motifs is 1. The second-order valence-electron chi connectivity index (χ2n) is 9.04. The van der Waals surface area contributed by atoms with E-state index in [2.05, 4.69) is 6.07 Å². The zero-order valence-corrected chi connectivity index (χ0v) is 21.2. The number of non-ortho nitro benzene ring substituents is 1. The molecule has 1 fully saturated rings. The Bertz CT molecular complexity index is 1470. The van der Waals surface area contributed by atoms with Crippen LogP contribution < -0.4 is 0 Å². The highest BCUT2D eigenvalue weighted by atomic mass is 32.2. The van der Waals surface area contributed by atoms with E-state index in [-0.39, 0.29) is 23.0 Å². The maximum absolute atomic E-state index is 13.1. The number of carbonyl (C=O) groups excluding carboxylic acids is 3. The van der Waals surface area contributed by atoms with Crippen LogP contribution in [0.1, 0.15) is 28.1 Å². The van der Waals surface area contributed by atoms with Crippen molar-refractivity contribution in [3.63, 3.8) is 0 Å². The standard InChI is InChI=1S/C27H24N4O5S/c1-17-13-21(18(2)30(17)22-7-9-23(10-8-22)31(35)36)14-24-26(33)29(27(34)37-24)16-25(32)28-12-11-19-5-3-4-6-20(19)15-28/h3-10,13-14H,11-12,15-16H2,1-2H3/b24-14+. The minimum atomic E-state index is -0.485. The quantitative estimate of drug-likeness (QED) is 0.278. The highest BCUT2D eigenvalue weighted by Gasteiger charge is 2.37. The van der Waals surface area contributed by atoms with Crippen molar-refractivity contribution in [2.45, 2.75) is 26.8 Å². The van der Waals surface area contributed by atoms with E-state index in [0.717, 1.165) is 51.3 Å². The molecule has 9 nitrogen and oxygen atoms in total. The first-order valence-electron chi connectivity index (χ1n) is 11.8. The number of aromatic nitrogens is 1. The molecule has 188 valence electrons. The SMILES string of the molecule is Cc1cc(/C=C2/SC(=O)N(CC(=O)N3CCc4ccccc4C3)C2=O)c(C)n1-c1ccc([N+](=O)[O-])cc1. The van der Waals surface area contributed by atoms with E-state index in [1.165, 1.54) is 17.7 Å². The van der Waals surface area contributed by atoms with Gasteiger partial charge in [-0.15, -0.1) is 0 Å². The molecule has 0 unspecified atom stereocenters. The third-order valence-electron chi connectivity index (χ3n) is 6.73. The maximum Gasteiger partial charge on any atom is 0.294 e. The molecule has 3 amide bonds. The van der Waals surface area contributed by atoms with Gasteiger partial charge in [0, 0.05) is 42.3 Å². The number of imide groups is 1. The second kappa shape index (κ2) is 9.70. The van der Waals surface area contributed by atoms with Crippen LogP contribution in [0.4, 0.5) is 10.5 Å². The molecule has 0 atom stereocenters. The Kier molecular flexibility index (Phi) is 6.43. The second-order valence-corrected chi connectivity index (χ2v) is 10.0. The summed E-state index contributed by atoms with van der Waals surface area (Å²) >= 11 is 0.822. The van der Waals surface area contributed by atoms with Gasteiger partial charge in [0.15, 0.2) is 0 Å². The number of benzene rings is 2. The summed E-state index contributed by atoms with van der Waals surface area (Å²) in [6.07, 6.45) is 2.41. The van der Waals surface area contributed by atoms with Crippen LogP contribution in [-0.4, -0.2) is 49.4 Å². The van der Waals surface area contributed by atoms with Crippen molar-refractivity contribution in [1.29, 1.82) is 0 Å². The largest absolute Gasteiger partial charge is 0.336 e. The van der Waals surface area contributed by atoms with E-state index >= 15 is 0 Å². The molecule has 0 bridgehead atoms. The van der Waals surface area contributed by atoms with Crippen LogP contribution in [0.2, 0.25) is 0 Å². The van der Waals surface area contributed by atoms with E-state index < -0.39 is 16.1 Å². The summed E-state index contributed by atoms with van der Waals surface area (Å²) in [6, 6.07) is 16.1. The van der Waals surface area contributed by atoms with E-state index in [4.69, 9.17) is 0 Å². The number of nitrogens with zero attached hydrogens (tertiary/aromatic N) is 4. The Morgan fingerprint density at radius 3 is 2.49 bits per heavy atom. The molecular weight excluding hydrogens is 492 g/mol. The number of thioether (sulfide) groups is 1. The van der Waals surface area contributed by atoms with Gasteiger partial charge in [0.25, 0.3) is 16.8 Å². The molecule has 1 saturated heterocycles. The maximum atomic E-state index is 13.1. The number of aryl methyl sites for hydroxylation is 1. The number of carbonyl (C=O) groups is 3. The van der Waals surface area contributed by atoms with Crippen LogP contribution in [0.15, 0.2) is 59.5 Å². The lowest BCUT2D eigenvalue weighted by atomic mass is 10.00. The number of hydrogen-bond donors (Lipinski definition) is 0. The van der Waals surface area contributed by atoms with Crippen molar-refractivity contribution >= 4 is 40.6 Å². The fourth-order valence-electron chi connectivity index (χ4n) is 4.78. The molecule has 0 radical (unpaired) electrons. The monoisotopic (exact) mass is 516 g/mol. The van der Waals surface area contributed by atoms with Crippen LogP contribution >= 0.6 is 11.8 Å². The van der Waals surface area contributed by atoms with E-state index in [1.54, 1.807) is 23.1 Å². The van der Waals surface area contributed by atoms with Crippen molar-refractivity contribution < 1.29 is 19.3 Å². The third-order valence-corrected chi connectivity index (χ3v) is 7.63. The Morgan fingerprint density at radius 2 is 1.78 bits per heavy atom. The average molecular weight is 517 g/mol. The van der Waals surface area contributed by atoms with E-state index in [9.17, 15) is 24.5 Å². The van der Waals surface area contributed by atoms with Gasteiger partial charge in [0.2, 0.25) is 5.91 Å². The van der Waals surface area contributed by atoms with Crippen molar-refractivity contribution in [1.82, 2.24) is 14.4 Å². The van der Waals surface area contributed by atoms with Gasteiger partial charge in [0.05, 0.1) is 9.83 Å². The lowest BCUT2D eigenvalue weighted by Gasteiger charge is -2.29. The average Bonchev–Trinajstić information content (AvgIpc) is 3.32. The predicted molar refractivity (Wildman–Crippen MR) is 140 cm³/mol. The van der Waals surface area contributed by atoms with Crippen LogP contribution in [0, 0.1) is 24.0 Å². The minimum Gasteiger partial charge on any atom is -0.336 e. The molecule has 37 heavy (non-hydrogen) atoms. The molecule has 5 rings (SSSR count). The zero-order chi connectivity index (χ0) is 26.3. The van der Waals surface area contributed by atoms with Crippen LogP contribution in [0.3, 0.4) is 0 Å². The Morgan fingerprint density at radius 1 is 1.08 bits per heavy atom. The van der Waals surface area contributed by atoms with Crippen LogP contribution in [0.5, 0.6) is 0 Å². The molecule has 2 aliphatic heterocycles. The molecule has 0 spiro atoms. The molecule has 10 heteroatoms. The van der Waals surface area contributed by atoms with Gasteiger partial charge < -0.3 is 9.47 Å². The van der Waals surface area contributed by atoms with Gasteiger partial charge in [-0.3, -0.25) is 29.4 Å². The smallest absolute Gasteiger partial charge is 0.294 e. The Balaban J connectivity index is 1.33. The van der Waals surface area contributed by atoms with Gasteiger partial charge in [-0.05, 0) is 73.0 Å². The van der Waals surface area contributed by atoms with Crippen LogP contribution in [-0.2, 0) is 22.6 Å². The fraction of sp³-hybridized carbons (Fsp3) is 0.222. The van der Waals surface area contributed by atoms with Gasteiger partial charge in [-0.2, -0.15) is 0 Å². The molecule has 3 aromatic rings. The third kappa shape index (κ3) is 4.67. The summed E-state index contributed by atoms with van der Waals surface area (Å²) in [5.41, 5.74) is 5.50. The molecule has 3 heterocycles. The first-order chi connectivity index (χ1) is 17.7. The fourth-order valence-corrected chi connectivity index (χ4v) is 5.61. The first kappa shape index (κ1) is 24.5. The van der Waals surface area contributed by atoms with Gasteiger partial charge in [-0.1, -0.05) is 24.3 Å². The van der Waals surface area contributed by atoms with Crippen molar-refractivity contribution in [3.05, 3.63) is 97.7 Å². The number of amides is 3.